The molecule has 1 aliphatic heterocycles. The number of esters is 2. The van der Waals surface area contributed by atoms with Gasteiger partial charge in [-0.05, 0) is 39.0 Å². The number of carbonyl (C=O) groups excluding carboxylic acids is 2. The number of rotatable bonds is 27. The number of unbranched alkanes of at least 4 members (excludes halogenated alkanes) is 16. The topological polar surface area (TPSA) is 77.3 Å². The average molecular weight is 522 g/mol. The first kappa shape index (κ1) is 33.6. The van der Waals surface area contributed by atoms with E-state index in [1.807, 2.05) is 0 Å². The minimum atomic E-state index is -0.661. The fourth-order valence-corrected chi connectivity index (χ4v) is 4.75. The van der Waals surface area contributed by atoms with Gasteiger partial charge < -0.3 is 9.47 Å². The van der Waals surface area contributed by atoms with E-state index in [1.54, 1.807) is 0 Å². The Bertz CT molecular complexity index is 602. The lowest BCUT2D eigenvalue weighted by molar-refractivity contribution is -0.156. The zero-order valence-electron chi connectivity index (χ0n) is 24.3. The maximum absolute atomic E-state index is 12.1. The molecule has 0 spiro atoms. The van der Waals surface area contributed by atoms with Gasteiger partial charge in [0.1, 0.15) is 12.7 Å². The predicted octanol–water partition coefficient (Wildman–Crippen LogP) is 9.45. The van der Waals surface area contributed by atoms with Crippen molar-refractivity contribution in [3.05, 3.63) is 6.92 Å². The van der Waals surface area contributed by atoms with Crippen LogP contribution in [0.3, 0.4) is 0 Å². The standard InChI is InChI=1S/C31H57N2O4/c1-4-6-8-10-12-13-14-15-16-18-20-23-29(34)36-27-28(3)37-30(35)24-22-26-31(32-33-31)25-21-19-17-11-9-7-5-2/h28H,3-27H2,1-2H3/t28-/m1/s1. The second-order valence-electron chi connectivity index (χ2n) is 11.0. The van der Waals surface area contributed by atoms with Crippen LogP contribution >= 0.6 is 0 Å². The molecule has 1 aliphatic rings. The van der Waals surface area contributed by atoms with Crippen molar-refractivity contribution in [3.63, 3.8) is 0 Å². The van der Waals surface area contributed by atoms with E-state index in [1.165, 1.54) is 96.3 Å². The van der Waals surface area contributed by atoms with Gasteiger partial charge in [-0.1, -0.05) is 117 Å². The van der Waals surface area contributed by atoms with Crippen molar-refractivity contribution in [1.29, 1.82) is 0 Å². The molecule has 0 aliphatic carbocycles. The Morgan fingerprint density at radius 2 is 1.05 bits per heavy atom. The summed E-state index contributed by atoms with van der Waals surface area (Å²) in [5, 5.41) is 8.50. The molecule has 0 aromatic carbocycles. The molecule has 1 heterocycles. The molecule has 37 heavy (non-hydrogen) atoms. The summed E-state index contributed by atoms with van der Waals surface area (Å²) in [6.07, 6.45) is 25.3. The third kappa shape index (κ3) is 20.2. The van der Waals surface area contributed by atoms with Crippen molar-refractivity contribution >= 4 is 11.9 Å². The second-order valence-corrected chi connectivity index (χ2v) is 11.0. The molecule has 215 valence electrons. The maximum Gasteiger partial charge on any atom is 0.306 e. The van der Waals surface area contributed by atoms with Crippen LogP contribution in [0.4, 0.5) is 0 Å². The monoisotopic (exact) mass is 521 g/mol. The zero-order chi connectivity index (χ0) is 27.0. The quantitative estimate of drug-likeness (QED) is 0.0796. The Labute approximate surface area is 228 Å². The first-order chi connectivity index (χ1) is 18.0. The summed E-state index contributed by atoms with van der Waals surface area (Å²) in [6, 6.07) is 0. The zero-order valence-corrected chi connectivity index (χ0v) is 24.3. The molecule has 6 nitrogen and oxygen atoms in total. The van der Waals surface area contributed by atoms with Crippen LogP contribution in [0.1, 0.15) is 162 Å². The summed E-state index contributed by atoms with van der Waals surface area (Å²) in [5.41, 5.74) is -0.239. The summed E-state index contributed by atoms with van der Waals surface area (Å²) in [5.74, 6) is -0.530. The van der Waals surface area contributed by atoms with E-state index >= 15 is 0 Å². The highest BCUT2D eigenvalue weighted by atomic mass is 16.6. The van der Waals surface area contributed by atoms with E-state index in [2.05, 4.69) is 31.0 Å². The minimum absolute atomic E-state index is 0.0233. The van der Waals surface area contributed by atoms with Gasteiger partial charge in [0.05, 0.1) is 0 Å². The Balaban J connectivity index is 1.93. The molecule has 0 N–H and O–H groups in total. The highest BCUT2D eigenvalue weighted by molar-refractivity contribution is 5.70. The minimum Gasteiger partial charge on any atom is -0.462 e. The average Bonchev–Trinajstić information content (AvgIpc) is 3.65. The van der Waals surface area contributed by atoms with Crippen molar-refractivity contribution < 1.29 is 19.1 Å². The van der Waals surface area contributed by atoms with Gasteiger partial charge in [-0.2, -0.15) is 10.2 Å². The smallest absolute Gasteiger partial charge is 0.306 e. The third-order valence-corrected chi connectivity index (χ3v) is 7.23. The van der Waals surface area contributed by atoms with Gasteiger partial charge in [0.2, 0.25) is 0 Å². The molecule has 0 unspecified atom stereocenters. The molecular weight excluding hydrogens is 464 g/mol. The molecule has 1 radical (unpaired) electrons. The largest absolute Gasteiger partial charge is 0.462 e. The molecule has 6 heteroatoms. The van der Waals surface area contributed by atoms with Gasteiger partial charge in [-0.3, -0.25) is 9.59 Å². The Kier molecular flexibility index (Phi) is 20.4. The lowest BCUT2D eigenvalue weighted by Crippen LogP contribution is -2.23. The Morgan fingerprint density at radius 3 is 1.57 bits per heavy atom. The molecule has 0 amide bonds. The van der Waals surface area contributed by atoms with Crippen LogP contribution in [0.25, 0.3) is 0 Å². The summed E-state index contributed by atoms with van der Waals surface area (Å²) in [7, 11) is 0. The molecule has 1 rings (SSSR count). The molecule has 0 aromatic rings. The Hall–Kier alpha value is -1.46. The fourth-order valence-electron chi connectivity index (χ4n) is 4.75. The highest BCUT2D eigenvalue weighted by Crippen LogP contribution is 2.38. The number of hydrogen-bond acceptors (Lipinski definition) is 6. The summed E-state index contributed by atoms with van der Waals surface area (Å²) in [6.45, 7) is 8.31. The lowest BCUT2D eigenvalue weighted by Gasteiger charge is -2.14. The van der Waals surface area contributed by atoms with E-state index in [4.69, 9.17) is 9.47 Å². The van der Waals surface area contributed by atoms with Crippen molar-refractivity contribution in [3.8, 4) is 0 Å². The van der Waals surface area contributed by atoms with Gasteiger partial charge in [0.25, 0.3) is 0 Å². The summed E-state index contributed by atoms with van der Waals surface area (Å²) < 4.78 is 10.5. The fraction of sp³-hybridized carbons (Fsp3) is 0.903. The van der Waals surface area contributed by atoms with Gasteiger partial charge in [0.15, 0.2) is 5.66 Å². The molecule has 1 atom stereocenters. The van der Waals surface area contributed by atoms with Crippen molar-refractivity contribution in [2.24, 2.45) is 10.2 Å². The Morgan fingerprint density at radius 1 is 0.622 bits per heavy atom. The van der Waals surface area contributed by atoms with E-state index in [9.17, 15) is 9.59 Å². The number of carbonyl (C=O) groups is 2. The van der Waals surface area contributed by atoms with Crippen LogP contribution in [0.5, 0.6) is 0 Å². The van der Waals surface area contributed by atoms with Crippen molar-refractivity contribution in [2.75, 3.05) is 6.61 Å². The van der Waals surface area contributed by atoms with Crippen LogP contribution in [-0.2, 0) is 19.1 Å². The van der Waals surface area contributed by atoms with Gasteiger partial charge in [-0.25, -0.2) is 0 Å². The maximum atomic E-state index is 12.1. The summed E-state index contributed by atoms with van der Waals surface area (Å²) >= 11 is 0. The van der Waals surface area contributed by atoms with Gasteiger partial charge in [0, 0.05) is 12.8 Å². The highest BCUT2D eigenvalue weighted by Gasteiger charge is 2.38. The van der Waals surface area contributed by atoms with Gasteiger partial charge >= 0.3 is 11.9 Å². The number of ether oxygens (including phenoxy) is 2. The molecular formula is C31H57N2O4. The predicted molar refractivity (Wildman–Crippen MR) is 151 cm³/mol. The number of nitrogens with zero attached hydrogens (tertiary/aromatic N) is 2. The molecule has 0 saturated heterocycles. The number of hydrogen-bond donors (Lipinski definition) is 0. The second kappa shape index (κ2) is 22.5. The molecule has 0 saturated carbocycles. The van der Waals surface area contributed by atoms with Gasteiger partial charge in [-0.15, -0.1) is 0 Å². The van der Waals surface area contributed by atoms with Crippen LogP contribution in [0, 0.1) is 6.92 Å². The van der Waals surface area contributed by atoms with Crippen LogP contribution in [-0.4, -0.2) is 30.3 Å². The van der Waals surface area contributed by atoms with E-state index < -0.39 is 6.10 Å². The molecule has 0 bridgehead atoms. The van der Waals surface area contributed by atoms with Crippen LogP contribution in [0.2, 0.25) is 0 Å². The molecule has 0 aromatic heterocycles. The summed E-state index contributed by atoms with van der Waals surface area (Å²) in [4.78, 5) is 24.1. The van der Waals surface area contributed by atoms with E-state index in [-0.39, 0.29) is 24.2 Å². The first-order valence-electron chi connectivity index (χ1n) is 15.6. The molecule has 0 fully saturated rings. The lowest BCUT2D eigenvalue weighted by atomic mass is 9.98. The van der Waals surface area contributed by atoms with Crippen LogP contribution < -0.4 is 0 Å². The van der Waals surface area contributed by atoms with E-state index in [0.717, 1.165) is 32.1 Å². The van der Waals surface area contributed by atoms with Crippen molar-refractivity contribution in [1.82, 2.24) is 0 Å². The normalized spacial score (nSPS) is 14.5. The van der Waals surface area contributed by atoms with E-state index in [0.29, 0.717) is 19.3 Å². The van der Waals surface area contributed by atoms with Crippen molar-refractivity contribution in [2.45, 2.75) is 173 Å². The SMILES string of the molecule is [CH2][C@H](COC(=O)CCCCCCCCCCCCC)OC(=O)CCCC1(CCCCCCCCC)N=N1. The van der Waals surface area contributed by atoms with Crippen LogP contribution in [0.15, 0.2) is 10.2 Å². The first-order valence-corrected chi connectivity index (χ1v) is 15.6. The third-order valence-electron chi connectivity index (χ3n) is 7.23.